The Labute approximate surface area is 196 Å². The number of aromatic amines is 1. The molecular formula is C28H35N3O2. The van der Waals surface area contributed by atoms with Crippen molar-refractivity contribution in [3.63, 3.8) is 0 Å². The Morgan fingerprint density at radius 2 is 1.64 bits per heavy atom. The smallest absolute Gasteiger partial charge is 0.310 e. The van der Waals surface area contributed by atoms with E-state index < -0.39 is 0 Å². The van der Waals surface area contributed by atoms with E-state index >= 15 is 0 Å². The van der Waals surface area contributed by atoms with Crippen molar-refractivity contribution < 1.29 is 0 Å². The predicted octanol–water partition coefficient (Wildman–Crippen LogP) is 4.44. The van der Waals surface area contributed by atoms with Gasteiger partial charge in [0.25, 0.3) is 5.56 Å². The van der Waals surface area contributed by atoms with Crippen LogP contribution in [-0.4, -0.2) is 35.1 Å². The van der Waals surface area contributed by atoms with Crippen LogP contribution in [0, 0.1) is 6.92 Å². The zero-order chi connectivity index (χ0) is 23.4. The van der Waals surface area contributed by atoms with Gasteiger partial charge >= 0.3 is 5.69 Å². The summed E-state index contributed by atoms with van der Waals surface area (Å²) >= 11 is 0. The fourth-order valence-electron chi connectivity index (χ4n) is 5.12. The van der Waals surface area contributed by atoms with Gasteiger partial charge in [-0.05, 0) is 69.7 Å². The molecule has 0 amide bonds. The molecule has 1 aliphatic carbocycles. The van der Waals surface area contributed by atoms with Crippen LogP contribution in [0.2, 0.25) is 0 Å². The van der Waals surface area contributed by atoms with Crippen molar-refractivity contribution in [2.75, 3.05) is 20.6 Å². The number of hydrogen-bond donors (Lipinski definition) is 1. The molecule has 0 radical (unpaired) electrons. The zero-order valence-electron chi connectivity index (χ0n) is 20.0. The lowest BCUT2D eigenvalue weighted by Gasteiger charge is -2.30. The maximum absolute atomic E-state index is 13.6. The van der Waals surface area contributed by atoms with Crippen LogP contribution in [0.25, 0.3) is 0 Å². The third kappa shape index (κ3) is 5.53. The molecule has 0 spiro atoms. The highest BCUT2D eigenvalue weighted by atomic mass is 16.2. The summed E-state index contributed by atoms with van der Waals surface area (Å²) in [5, 5.41) is 0. The summed E-state index contributed by atoms with van der Waals surface area (Å²) in [5.41, 5.74) is 4.87. The first-order valence-electron chi connectivity index (χ1n) is 12.0. The molecule has 174 valence electrons. The number of aryl methyl sites for hydroxylation is 1. The zero-order valence-corrected chi connectivity index (χ0v) is 20.0. The molecule has 4 rings (SSSR count). The lowest BCUT2D eigenvalue weighted by molar-refractivity contribution is 0.369. The van der Waals surface area contributed by atoms with Crippen molar-refractivity contribution in [3.05, 3.63) is 103 Å². The minimum Gasteiger partial charge on any atom is -0.310 e. The molecule has 0 bridgehead atoms. The number of H-pyrrole nitrogens is 1. The summed E-state index contributed by atoms with van der Waals surface area (Å²) in [6, 6.07) is 19.0. The predicted molar refractivity (Wildman–Crippen MR) is 134 cm³/mol. The van der Waals surface area contributed by atoms with Crippen molar-refractivity contribution in [2.24, 2.45) is 0 Å². The average Bonchev–Trinajstić information content (AvgIpc) is 2.81. The first-order valence-corrected chi connectivity index (χ1v) is 12.0. The monoisotopic (exact) mass is 445 g/mol. The Morgan fingerprint density at radius 3 is 2.30 bits per heavy atom. The van der Waals surface area contributed by atoms with E-state index in [-0.39, 0.29) is 17.2 Å². The maximum Gasteiger partial charge on any atom is 0.328 e. The van der Waals surface area contributed by atoms with Gasteiger partial charge in [0.05, 0.1) is 0 Å². The molecule has 0 unspecified atom stereocenters. The molecule has 1 fully saturated rings. The molecule has 1 aromatic heterocycles. The Balaban J connectivity index is 1.66. The summed E-state index contributed by atoms with van der Waals surface area (Å²) in [5.74, 6) is 0.767. The number of hydrogen-bond acceptors (Lipinski definition) is 3. The molecule has 3 aromatic rings. The minimum absolute atomic E-state index is 0.137. The van der Waals surface area contributed by atoms with Crippen LogP contribution in [0.4, 0.5) is 0 Å². The van der Waals surface area contributed by atoms with Gasteiger partial charge in [0.15, 0.2) is 0 Å². The van der Waals surface area contributed by atoms with Crippen LogP contribution in [0.5, 0.6) is 0 Å². The topological polar surface area (TPSA) is 58.1 Å². The Morgan fingerprint density at radius 1 is 0.939 bits per heavy atom. The first kappa shape index (κ1) is 23.2. The van der Waals surface area contributed by atoms with E-state index in [1.54, 1.807) is 0 Å². The largest absolute Gasteiger partial charge is 0.328 e. The second kappa shape index (κ2) is 10.3. The molecule has 1 heterocycles. The van der Waals surface area contributed by atoms with E-state index in [2.05, 4.69) is 60.4 Å². The molecule has 5 heteroatoms. The third-order valence-corrected chi connectivity index (χ3v) is 6.96. The van der Waals surface area contributed by atoms with E-state index in [0.717, 1.165) is 42.5 Å². The van der Waals surface area contributed by atoms with E-state index in [0.29, 0.717) is 25.4 Å². The summed E-state index contributed by atoms with van der Waals surface area (Å²) in [7, 11) is 3.90. The lowest BCUT2D eigenvalue weighted by atomic mass is 9.76. The fraction of sp³-hybridized carbons (Fsp3) is 0.429. The summed E-state index contributed by atoms with van der Waals surface area (Å²) in [6.07, 6.45) is 4.66. The fourth-order valence-corrected chi connectivity index (χ4v) is 5.12. The molecule has 1 N–H and O–H groups in total. The molecule has 1 saturated carbocycles. The van der Waals surface area contributed by atoms with Crippen molar-refractivity contribution in [2.45, 2.75) is 57.4 Å². The molecular weight excluding hydrogens is 410 g/mol. The quantitative estimate of drug-likeness (QED) is 0.585. The minimum atomic E-state index is -0.282. The Bertz CT molecular complexity index is 1190. The van der Waals surface area contributed by atoms with E-state index in [9.17, 15) is 9.59 Å². The van der Waals surface area contributed by atoms with Crippen LogP contribution in [0.3, 0.4) is 0 Å². The third-order valence-electron chi connectivity index (χ3n) is 6.96. The van der Waals surface area contributed by atoms with Crippen molar-refractivity contribution in [3.8, 4) is 0 Å². The summed E-state index contributed by atoms with van der Waals surface area (Å²) in [6.45, 7) is 3.11. The van der Waals surface area contributed by atoms with E-state index in [1.165, 1.54) is 15.7 Å². The van der Waals surface area contributed by atoms with Gasteiger partial charge in [-0.2, -0.15) is 0 Å². The first-order chi connectivity index (χ1) is 15.9. The van der Waals surface area contributed by atoms with Crippen LogP contribution < -0.4 is 11.2 Å². The van der Waals surface area contributed by atoms with Crippen LogP contribution in [-0.2, 0) is 13.0 Å². The highest BCUT2D eigenvalue weighted by Crippen LogP contribution is 2.40. The number of benzene rings is 2. The summed E-state index contributed by atoms with van der Waals surface area (Å²) in [4.78, 5) is 31.7. The molecule has 0 saturated heterocycles. The van der Waals surface area contributed by atoms with Gasteiger partial charge in [-0.1, -0.05) is 60.2 Å². The van der Waals surface area contributed by atoms with Gasteiger partial charge in [-0.15, -0.1) is 0 Å². The van der Waals surface area contributed by atoms with Gasteiger partial charge < -0.3 is 9.88 Å². The number of nitrogens with one attached hydrogen (secondary N) is 1. The second-order valence-electron chi connectivity index (χ2n) is 9.71. The Kier molecular flexibility index (Phi) is 7.29. The lowest BCUT2D eigenvalue weighted by Crippen LogP contribution is -2.41. The van der Waals surface area contributed by atoms with Crippen LogP contribution in [0.1, 0.15) is 65.5 Å². The van der Waals surface area contributed by atoms with Gasteiger partial charge in [0.1, 0.15) is 0 Å². The molecule has 1 aliphatic rings. The van der Waals surface area contributed by atoms with Gasteiger partial charge in [-0.3, -0.25) is 9.36 Å². The normalized spacial score (nSPS) is 18.5. The number of likely N-dealkylation sites (N-methyl/N-ethyl adjacent to an activating group) is 1. The van der Waals surface area contributed by atoms with Crippen molar-refractivity contribution in [1.29, 1.82) is 0 Å². The van der Waals surface area contributed by atoms with E-state index in [4.69, 9.17) is 0 Å². The maximum atomic E-state index is 13.6. The molecule has 2 aromatic carbocycles. The molecule has 0 aliphatic heterocycles. The molecule has 5 nitrogen and oxygen atoms in total. The van der Waals surface area contributed by atoms with Gasteiger partial charge in [-0.25, -0.2) is 4.79 Å². The van der Waals surface area contributed by atoms with E-state index in [1.807, 2.05) is 25.1 Å². The SMILES string of the molecule is Cc1cccc(Cc2c(=O)n(CCN(C)C)c(=O)[nH]c2[C@H]2CC[C@H](c3ccccc3)CC2)c1. The molecule has 33 heavy (non-hydrogen) atoms. The number of rotatable bonds is 7. The van der Waals surface area contributed by atoms with Gasteiger partial charge in [0, 0.05) is 30.8 Å². The second-order valence-corrected chi connectivity index (χ2v) is 9.71. The average molecular weight is 446 g/mol. The number of aromatic nitrogens is 2. The standard InChI is InChI=1S/C28H35N3O2/c1-20-8-7-9-21(18-20)19-25-26(29-28(33)31(27(25)32)17-16-30(2)3)24-14-12-23(13-15-24)22-10-5-4-6-11-22/h4-11,18,23-24H,12-17,19H2,1-3H3,(H,29,33)/t23-,24-. The van der Waals surface area contributed by atoms with Crippen LogP contribution in [0.15, 0.2) is 64.2 Å². The Hall–Kier alpha value is -2.92. The summed E-state index contributed by atoms with van der Waals surface area (Å²) < 4.78 is 1.38. The van der Waals surface area contributed by atoms with Gasteiger partial charge in [0.2, 0.25) is 0 Å². The highest BCUT2D eigenvalue weighted by molar-refractivity contribution is 5.32. The number of nitrogens with zero attached hydrogens (tertiary/aromatic N) is 2. The van der Waals surface area contributed by atoms with Crippen molar-refractivity contribution >= 4 is 0 Å². The molecule has 0 atom stereocenters. The van der Waals surface area contributed by atoms with Crippen molar-refractivity contribution in [1.82, 2.24) is 14.5 Å². The highest BCUT2D eigenvalue weighted by Gasteiger charge is 2.27. The van der Waals surface area contributed by atoms with Crippen LogP contribution >= 0.6 is 0 Å².